The SMILES string of the molecule is CCCCP(=O)(c1cc(OC)cc(C(C)(C)C)c1O)c1cc(OC)cc(C(C)(C)C)c1O. The second-order valence-electron chi connectivity index (χ2n) is 10.4. The number of hydrogen-bond acceptors (Lipinski definition) is 5. The molecule has 2 aromatic rings. The van der Waals surface area contributed by atoms with Gasteiger partial charge >= 0.3 is 0 Å². The highest BCUT2D eigenvalue weighted by Crippen LogP contribution is 2.53. The number of phenolic OH excluding ortho intramolecular Hbond substituents is 2. The van der Waals surface area contributed by atoms with Crippen LogP contribution in [0.1, 0.15) is 72.4 Å². The molecule has 0 bridgehead atoms. The lowest BCUT2D eigenvalue weighted by Gasteiger charge is -2.29. The van der Waals surface area contributed by atoms with Gasteiger partial charge in [0.25, 0.3) is 0 Å². The Morgan fingerprint density at radius 1 is 0.781 bits per heavy atom. The molecule has 0 heterocycles. The van der Waals surface area contributed by atoms with Gasteiger partial charge in [0.1, 0.15) is 23.0 Å². The first kappa shape index (κ1) is 26.1. The fourth-order valence-electron chi connectivity index (χ4n) is 3.87. The van der Waals surface area contributed by atoms with E-state index in [-0.39, 0.29) is 11.5 Å². The van der Waals surface area contributed by atoms with Gasteiger partial charge in [-0.3, -0.25) is 0 Å². The van der Waals surface area contributed by atoms with E-state index in [1.165, 1.54) is 0 Å². The molecule has 0 saturated heterocycles. The lowest BCUT2D eigenvalue weighted by molar-refractivity contribution is 0.406. The van der Waals surface area contributed by atoms with Crippen LogP contribution in [0, 0.1) is 0 Å². The van der Waals surface area contributed by atoms with Crippen LogP contribution in [0.3, 0.4) is 0 Å². The molecule has 0 spiro atoms. The third-order valence-corrected chi connectivity index (χ3v) is 9.00. The second kappa shape index (κ2) is 9.39. The van der Waals surface area contributed by atoms with Crippen molar-refractivity contribution < 1.29 is 24.3 Å². The molecule has 178 valence electrons. The Kier molecular flexibility index (Phi) is 7.67. The molecule has 0 fully saturated rings. The summed E-state index contributed by atoms with van der Waals surface area (Å²) in [5, 5.41) is 23.3. The third kappa shape index (κ3) is 5.09. The van der Waals surface area contributed by atoms with Crippen molar-refractivity contribution in [2.24, 2.45) is 0 Å². The number of rotatable bonds is 7. The van der Waals surface area contributed by atoms with E-state index in [1.807, 2.05) is 48.5 Å². The van der Waals surface area contributed by atoms with Crippen LogP contribution < -0.4 is 20.1 Å². The molecule has 6 heteroatoms. The quantitative estimate of drug-likeness (QED) is 0.507. The van der Waals surface area contributed by atoms with Crippen molar-refractivity contribution in [3.05, 3.63) is 35.4 Å². The van der Waals surface area contributed by atoms with E-state index in [9.17, 15) is 14.8 Å². The zero-order valence-electron chi connectivity index (χ0n) is 21.0. The molecule has 32 heavy (non-hydrogen) atoms. The average molecular weight is 463 g/mol. The Bertz CT molecular complexity index is 937. The van der Waals surface area contributed by atoms with E-state index in [1.54, 1.807) is 38.5 Å². The average Bonchev–Trinajstić information content (AvgIpc) is 2.70. The molecule has 0 atom stereocenters. The minimum atomic E-state index is -3.45. The van der Waals surface area contributed by atoms with Crippen molar-refractivity contribution in [3.8, 4) is 23.0 Å². The summed E-state index contributed by atoms with van der Waals surface area (Å²) in [5.41, 5.74) is 0.523. The van der Waals surface area contributed by atoms with E-state index in [0.717, 1.165) is 6.42 Å². The van der Waals surface area contributed by atoms with Crippen molar-refractivity contribution in [1.82, 2.24) is 0 Å². The molecule has 5 nitrogen and oxygen atoms in total. The van der Waals surface area contributed by atoms with Crippen LogP contribution in [0.15, 0.2) is 24.3 Å². The molecule has 2 aromatic carbocycles. The van der Waals surface area contributed by atoms with Crippen LogP contribution in [-0.4, -0.2) is 30.6 Å². The zero-order chi connectivity index (χ0) is 24.5. The number of ether oxygens (including phenoxy) is 2. The van der Waals surface area contributed by atoms with E-state index in [4.69, 9.17) is 9.47 Å². The van der Waals surface area contributed by atoms with Crippen LogP contribution in [0.5, 0.6) is 23.0 Å². The summed E-state index contributed by atoms with van der Waals surface area (Å²) in [6, 6.07) is 6.87. The Labute approximate surface area is 193 Å². The molecule has 2 N–H and O–H groups in total. The van der Waals surface area contributed by atoms with Crippen LogP contribution in [0.4, 0.5) is 0 Å². The third-order valence-electron chi connectivity index (χ3n) is 5.82. The van der Waals surface area contributed by atoms with Gasteiger partial charge in [-0.05, 0) is 41.5 Å². The molecule has 0 aliphatic heterocycles. The van der Waals surface area contributed by atoms with Gasteiger partial charge in [-0.1, -0.05) is 54.9 Å². The van der Waals surface area contributed by atoms with Crippen LogP contribution in [-0.2, 0) is 15.4 Å². The molecular formula is C26H39O5P. The lowest BCUT2D eigenvalue weighted by Crippen LogP contribution is -2.25. The Hall–Kier alpha value is -2.13. The number of benzene rings is 2. The molecule has 2 rings (SSSR count). The standard InChI is InChI=1S/C26H39O5P/c1-10-11-12-32(29,21-15-17(30-8)13-19(23(21)27)25(2,3)4)22-16-18(31-9)14-20(24(22)28)26(5,6)7/h13-16,27-28H,10-12H2,1-9H3. The molecule has 0 unspecified atom stereocenters. The first-order valence-electron chi connectivity index (χ1n) is 11.1. The number of methoxy groups -OCH3 is 2. The van der Waals surface area contributed by atoms with Gasteiger partial charge in [-0.2, -0.15) is 0 Å². The summed E-state index contributed by atoms with van der Waals surface area (Å²) in [6.07, 6.45) is 1.83. The predicted molar refractivity (Wildman–Crippen MR) is 133 cm³/mol. The maximum absolute atomic E-state index is 14.9. The van der Waals surface area contributed by atoms with E-state index in [2.05, 4.69) is 0 Å². The minimum absolute atomic E-state index is 0.00253. The van der Waals surface area contributed by atoms with Crippen molar-refractivity contribution in [3.63, 3.8) is 0 Å². The lowest BCUT2D eigenvalue weighted by atomic mass is 9.86. The van der Waals surface area contributed by atoms with E-state index < -0.39 is 18.0 Å². The number of aromatic hydroxyl groups is 2. The maximum atomic E-state index is 14.9. The van der Waals surface area contributed by atoms with Crippen molar-refractivity contribution in [1.29, 1.82) is 0 Å². The summed E-state index contributed by atoms with van der Waals surface area (Å²) in [7, 11) is -0.337. The predicted octanol–water partition coefficient (Wildman–Crippen LogP) is 5.82. The number of hydrogen-bond donors (Lipinski definition) is 2. The fourth-order valence-corrected chi connectivity index (χ4v) is 6.97. The van der Waals surface area contributed by atoms with Crippen molar-refractivity contribution in [2.75, 3.05) is 20.4 Å². The number of phenols is 2. The van der Waals surface area contributed by atoms with Crippen LogP contribution in [0.25, 0.3) is 0 Å². The summed E-state index contributed by atoms with van der Waals surface area (Å²) < 4.78 is 25.9. The summed E-state index contributed by atoms with van der Waals surface area (Å²) >= 11 is 0. The molecule has 0 aliphatic rings. The van der Waals surface area contributed by atoms with Gasteiger partial charge in [-0.25, -0.2) is 0 Å². The van der Waals surface area contributed by atoms with Gasteiger partial charge in [0, 0.05) is 17.3 Å². The maximum Gasteiger partial charge on any atom is 0.150 e. The summed E-state index contributed by atoms with van der Waals surface area (Å²) in [4.78, 5) is 0. The molecular weight excluding hydrogens is 423 g/mol. The summed E-state index contributed by atoms with van der Waals surface area (Å²) in [6.45, 7) is 14.0. The van der Waals surface area contributed by atoms with Gasteiger partial charge in [0.15, 0.2) is 7.14 Å². The van der Waals surface area contributed by atoms with Crippen LogP contribution >= 0.6 is 7.14 Å². The van der Waals surface area contributed by atoms with Gasteiger partial charge in [0.05, 0.1) is 24.8 Å². The van der Waals surface area contributed by atoms with E-state index in [0.29, 0.717) is 45.8 Å². The van der Waals surface area contributed by atoms with E-state index >= 15 is 0 Å². The Morgan fingerprint density at radius 3 is 1.44 bits per heavy atom. The van der Waals surface area contributed by atoms with Crippen molar-refractivity contribution in [2.45, 2.75) is 72.1 Å². The van der Waals surface area contributed by atoms with Gasteiger partial charge in [0.2, 0.25) is 0 Å². The second-order valence-corrected chi connectivity index (χ2v) is 13.3. The first-order valence-corrected chi connectivity index (χ1v) is 13.0. The highest BCUT2D eigenvalue weighted by molar-refractivity contribution is 7.79. The van der Waals surface area contributed by atoms with Gasteiger partial charge in [-0.15, -0.1) is 0 Å². The smallest absolute Gasteiger partial charge is 0.150 e. The fraction of sp³-hybridized carbons (Fsp3) is 0.538. The monoisotopic (exact) mass is 462 g/mol. The Morgan fingerprint density at radius 2 is 1.16 bits per heavy atom. The molecule has 0 aliphatic carbocycles. The van der Waals surface area contributed by atoms with Crippen LogP contribution in [0.2, 0.25) is 0 Å². The molecule has 0 radical (unpaired) electrons. The highest BCUT2D eigenvalue weighted by atomic mass is 31.2. The minimum Gasteiger partial charge on any atom is -0.507 e. The Balaban J connectivity index is 2.99. The topological polar surface area (TPSA) is 76.0 Å². The zero-order valence-corrected chi connectivity index (χ0v) is 21.9. The molecule has 0 amide bonds. The summed E-state index contributed by atoms with van der Waals surface area (Å²) in [5.74, 6) is 1.05. The molecule has 0 aromatic heterocycles. The normalized spacial score (nSPS) is 12.7. The van der Waals surface area contributed by atoms with Gasteiger partial charge < -0.3 is 24.3 Å². The molecule has 0 saturated carbocycles. The largest absolute Gasteiger partial charge is 0.507 e. The first-order chi connectivity index (χ1) is 14.7. The highest BCUT2D eigenvalue weighted by Gasteiger charge is 2.37. The number of unbranched alkanes of at least 4 members (excludes halogenated alkanes) is 1. The van der Waals surface area contributed by atoms with Crippen molar-refractivity contribution >= 4 is 17.8 Å².